The lowest BCUT2D eigenvalue weighted by molar-refractivity contribution is 0.0242. The van der Waals surface area contributed by atoms with E-state index in [4.69, 9.17) is 4.74 Å². The average molecular weight is 332 g/mol. The van der Waals surface area contributed by atoms with Gasteiger partial charge in [-0.05, 0) is 53.0 Å². The Balaban J connectivity index is 1.98. The Hall–Kier alpha value is -1.55. The molecule has 1 saturated heterocycles. The summed E-state index contributed by atoms with van der Waals surface area (Å²) in [4.78, 5) is 14.2. The minimum atomic E-state index is -0.443. The van der Waals surface area contributed by atoms with Crippen LogP contribution < -0.4 is 5.32 Å². The quantitative estimate of drug-likeness (QED) is 0.890. The van der Waals surface area contributed by atoms with Gasteiger partial charge in [-0.15, -0.1) is 0 Å². The molecule has 2 atom stereocenters. The number of amides is 1. The van der Waals surface area contributed by atoms with Gasteiger partial charge in [0.05, 0.1) is 0 Å². The Bertz CT molecular complexity index is 551. The molecule has 4 nitrogen and oxygen atoms in total. The van der Waals surface area contributed by atoms with Gasteiger partial charge >= 0.3 is 6.09 Å². The Morgan fingerprint density at radius 2 is 2.08 bits per heavy atom. The number of carbonyl (C=O) groups is 1. The maximum atomic E-state index is 12.4. The third-order valence-corrected chi connectivity index (χ3v) is 4.35. The van der Waals surface area contributed by atoms with Crippen LogP contribution in [0.25, 0.3) is 0 Å². The number of benzene rings is 1. The zero-order valence-corrected chi connectivity index (χ0v) is 15.8. The molecular weight excluding hydrogens is 300 g/mol. The first-order chi connectivity index (χ1) is 11.2. The van der Waals surface area contributed by atoms with Gasteiger partial charge in [-0.3, -0.25) is 0 Å². The number of hydrogen-bond acceptors (Lipinski definition) is 3. The van der Waals surface area contributed by atoms with Crippen molar-refractivity contribution in [2.24, 2.45) is 0 Å². The lowest BCUT2D eigenvalue weighted by Gasteiger charge is -2.30. The summed E-state index contributed by atoms with van der Waals surface area (Å²) in [6.07, 6.45) is 3.07. The Labute approximate surface area is 146 Å². The molecule has 0 aromatic heterocycles. The third-order valence-electron chi connectivity index (χ3n) is 4.35. The van der Waals surface area contributed by atoms with Crippen molar-refractivity contribution in [3.05, 3.63) is 35.4 Å². The highest BCUT2D eigenvalue weighted by Gasteiger charge is 2.27. The fourth-order valence-electron chi connectivity index (χ4n) is 3.16. The molecular formula is C20H32N2O2. The van der Waals surface area contributed by atoms with Crippen LogP contribution in [0.4, 0.5) is 4.79 Å². The molecule has 0 bridgehead atoms. The number of nitrogens with zero attached hydrogens (tertiary/aromatic N) is 1. The summed E-state index contributed by atoms with van der Waals surface area (Å²) in [6, 6.07) is 9.17. The van der Waals surface area contributed by atoms with E-state index in [1.165, 1.54) is 11.1 Å². The molecule has 2 unspecified atom stereocenters. The summed E-state index contributed by atoms with van der Waals surface area (Å²) in [7, 11) is 0. The average Bonchev–Trinajstić information content (AvgIpc) is 2.71. The molecule has 1 N–H and O–H groups in total. The van der Waals surface area contributed by atoms with Gasteiger partial charge < -0.3 is 15.0 Å². The predicted octanol–water partition coefficient (Wildman–Crippen LogP) is 4.44. The van der Waals surface area contributed by atoms with Crippen LogP contribution in [0.5, 0.6) is 0 Å². The van der Waals surface area contributed by atoms with Crippen LogP contribution in [0.1, 0.15) is 64.1 Å². The highest BCUT2D eigenvalue weighted by molar-refractivity contribution is 5.68. The monoisotopic (exact) mass is 332 g/mol. The van der Waals surface area contributed by atoms with Crippen molar-refractivity contribution >= 4 is 6.09 Å². The second-order valence-electron chi connectivity index (χ2n) is 7.92. The third kappa shape index (κ3) is 5.82. The lowest BCUT2D eigenvalue weighted by Crippen LogP contribution is -2.45. The van der Waals surface area contributed by atoms with Crippen LogP contribution in [-0.4, -0.2) is 35.7 Å². The highest BCUT2D eigenvalue weighted by Crippen LogP contribution is 2.19. The van der Waals surface area contributed by atoms with Crippen molar-refractivity contribution in [2.45, 2.75) is 71.6 Å². The van der Waals surface area contributed by atoms with E-state index in [0.717, 1.165) is 25.8 Å². The lowest BCUT2D eigenvalue weighted by atomic mass is 10.0. The fourth-order valence-corrected chi connectivity index (χ4v) is 3.16. The largest absolute Gasteiger partial charge is 0.444 e. The number of ether oxygens (including phenoxy) is 1. The predicted molar refractivity (Wildman–Crippen MR) is 98.2 cm³/mol. The summed E-state index contributed by atoms with van der Waals surface area (Å²) in [5, 5.41) is 3.70. The van der Waals surface area contributed by atoms with Crippen molar-refractivity contribution in [1.82, 2.24) is 10.2 Å². The van der Waals surface area contributed by atoms with Crippen molar-refractivity contribution in [1.29, 1.82) is 0 Å². The summed E-state index contributed by atoms with van der Waals surface area (Å²) in [5.74, 6) is 0. The van der Waals surface area contributed by atoms with Crippen LogP contribution in [-0.2, 0) is 4.74 Å². The van der Waals surface area contributed by atoms with Crippen LogP contribution in [0.2, 0.25) is 0 Å². The molecule has 24 heavy (non-hydrogen) atoms. The number of nitrogens with one attached hydrogen (secondary N) is 1. The highest BCUT2D eigenvalue weighted by atomic mass is 16.6. The number of rotatable bonds is 3. The molecule has 2 rings (SSSR count). The van der Waals surface area contributed by atoms with Crippen LogP contribution in [0.3, 0.4) is 0 Å². The zero-order chi connectivity index (χ0) is 17.7. The normalized spacial score (nSPS) is 20.4. The van der Waals surface area contributed by atoms with E-state index in [0.29, 0.717) is 12.6 Å². The molecule has 0 radical (unpaired) electrons. The van der Waals surface area contributed by atoms with Gasteiger partial charge in [0, 0.05) is 25.2 Å². The number of hydrogen-bond donors (Lipinski definition) is 1. The van der Waals surface area contributed by atoms with Gasteiger partial charge in [-0.2, -0.15) is 0 Å². The molecule has 1 fully saturated rings. The molecule has 0 aliphatic carbocycles. The van der Waals surface area contributed by atoms with E-state index in [-0.39, 0.29) is 12.1 Å². The number of carbonyl (C=O) groups excluding carboxylic acids is 1. The molecule has 1 amide bonds. The Kier molecular flexibility index (Phi) is 6.27. The first kappa shape index (κ1) is 18.8. The van der Waals surface area contributed by atoms with Crippen LogP contribution in [0, 0.1) is 6.92 Å². The molecule has 0 saturated carbocycles. The SMILES string of the molecule is Cc1cccc(C(C)NC2CCCCN(C(=O)OC(C)(C)C)C2)c1. The van der Waals surface area contributed by atoms with E-state index in [9.17, 15) is 4.79 Å². The van der Waals surface area contributed by atoms with Crippen molar-refractivity contribution < 1.29 is 9.53 Å². The molecule has 1 aromatic carbocycles. The first-order valence-corrected chi connectivity index (χ1v) is 9.05. The van der Waals surface area contributed by atoms with Gasteiger partial charge in [0.2, 0.25) is 0 Å². The molecule has 1 aliphatic heterocycles. The van der Waals surface area contributed by atoms with Gasteiger partial charge in [0.1, 0.15) is 5.60 Å². The first-order valence-electron chi connectivity index (χ1n) is 9.05. The Morgan fingerprint density at radius 3 is 2.75 bits per heavy atom. The molecule has 1 aromatic rings. The van der Waals surface area contributed by atoms with E-state index < -0.39 is 5.60 Å². The van der Waals surface area contributed by atoms with E-state index in [1.54, 1.807) is 0 Å². The number of aryl methyl sites for hydroxylation is 1. The van der Waals surface area contributed by atoms with Crippen molar-refractivity contribution in [2.75, 3.05) is 13.1 Å². The molecule has 1 aliphatic rings. The maximum absolute atomic E-state index is 12.4. The van der Waals surface area contributed by atoms with Gasteiger partial charge in [-0.1, -0.05) is 36.2 Å². The van der Waals surface area contributed by atoms with E-state index in [2.05, 4.69) is 43.4 Å². The Morgan fingerprint density at radius 1 is 1.33 bits per heavy atom. The second-order valence-corrected chi connectivity index (χ2v) is 7.92. The smallest absolute Gasteiger partial charge is 0.410 e. The summed E-state index contributed by atoms with van der Waals surface area (Å²) < 4.78 is 5.55. The summed E-state index contributed by atoms with van der Waals surface area (Å²) in [6.45, 7) is 11.6. The van der Waals surface area contributed by atoms with Crippen LogP contribution in [0.15, 0.2) is 24.3 Å². The minimum Gasteiger partial charge on any atom is -0.444 e. The summed E-state index contributed by atoms with van der Waals surface area (Å²) >= 11 is 0. The molecule has 0 spiro atoms. The second kappa shape index (κ2) is 8.02. The molecule has 1 heterocycles. The standard InChI is InChI=1S/C20H32N2O2/c1-15-9-8-10-17(13-15)16(2)21-18-11-6-7-12-22(14-18)19(23)24-20(3,4)5/h8-10,13,16,18,21H,6-7,11-12,14H2,1-5H3. The topological polar surface area (TPSA) is 41.6 Å². The van der Waals surface area contributed by atoms with E-state index >= 15 is 0 Å². The number of likely N-dealkylation sites (tertiary alicyclic amines) is 1. The van der Waals surface area contributed by atoms with Gasteiger partial charge in [-0.25, -0.2) is 4.79 Å². The fraction of sp³-hybridized carbons (Fsp3) is 0.650. The van der Waals surface area contributed by atoms with Crippen LogP contribution >= 0.6 is 0 Å². The maximum Gasteiger partial charge on any atom is 0.410 e. The van der Waals surface area contributed by atoms with Gasteiger partial charge in [0.15, 0.2) is 0 Å². The zero-order valence-electron chi connectivity index (χ0n) is 15.8. The van der Waals surface area contributed by atoms with Gasteiger partial charge in [0.25, 0.3) is 0 Å². The molecule has 134 valence electrons. The van der Waals surface area contributed by atoms with Crippen molar-refractivity contribution in [3.63, 3.8) is 0 Å². The molecule has 4 heteroatoms. The van der Waals surface area contributed by atoms with Crippen molar-refractivity contribution in [3.8, 4) is 0 Å². The summed E-state index contributed by atoms with van der Waals surface area (Å²) in [5.41, 5.74) is 2.13. The minimum absolute atomic E-state index is 0.195. The van der Waals surface area contributed by atoms with E-state index in [1.807, 2.05) is 25.7 Å².